The lowest BCUT2D eigenvalue weighted by Crippen LogP contribution is -2.34. The van der Waals surface area contributed by atoms with Crippen LogP contribution in [0.1, 0.15) is 13.3 Å². The van der Waals surface area contributed by atoms with Crippen LogP contribution in [0.3, 0.4) is 0 Å². The zero-order valence-electron chi connectivity index (χ0n) is 9.55. The van der Waals surface area contributed by atoms with Crippen LogP contribution in [0.15, 0.2) is 5.16 Å². The SMILES string of the molecule is CCC(Oc1c(F)c(F)c(F)c(F)c1F)C(N)=NO. The van der Waals surface area contributed by atoms with E-state index >= 15 is 0 Å². The van der Waals surface area contributed by atoms with Gasteiger partial charge in [-0.05, 0) is 6.42 Å². The van der Waals surface area contributed by atoms with Crippen molar-refractivity contribution in [1.29, 1.82) is 0 Å². The summed E-state index contributed by atoms with van der Waals surface area (Å²) in [5, 5.41) is 10.9. The predicted molar refractivity (Wildman–Crippen MR) is 54.3 cm³/mol. The lowest BCUT2D eigenvalue weighted by Gasteiger charge is -2.17. The van der Waals surface area contributed by atoms with Gasteiger partial charge in [0.15, 0.2) is 17.7 Å². The second kappa shape index (κ2) is 5.72. The summed E-state index contributed by atoms with van der Waals surface area (Å²) in [5.74, 6) is -12.9. The van der Waals surface area contributed by atoms with Crippen molar-refractivity contribution in [1.82, 2.24) is 0 Å². The highest BCUT2D eigenvalue weighted by molar-refractivity contribution is 5.84. The molecule has 1 unspecified atom stereocenters. The van der Waals surface area contributed by atoms with Crippen LogP contribution in [0.4, 0.5) is 22.0 Å². The van der Waals surface area contributed by atoms with Crippen molar-refractivity contribution in [3.05, 3.63) is 29.1 Å². The van der Waals surface area contributed by atoms with Crippen LogP contribution in [0.5, 0.6) is 5.75 Å². The van der Waals surface area contributed by atoms with Gasteiger partial charge in [0.1, 0.15) is 0 Å². The number of nitrogens with two attached hydrogens (primary N) is 1. The van der Waals surface area contributed by atoms with Gasteiger partial charge in [0.2, 0.25) is 29.1 Å². The molecule has 0 saturated heterocycles. The summed E-state index contributed by atoms with van der Waals surface area (Å²) in [6.07, 6.45) is -1.35. The molecule has 1 aromatic rings. The van der Waals surface area contributed by atoms with Crippen molar-refractivity contribution < 1.29 is 31.9 Å². The average molecular weight is 284 g/mol. The Labute approximate surface area is 104 Å². The van der Waals surface area contributed by atoms with Gasteiger partial charge in [0, 0.05) is 0 Å². The van der Waals surface area contributed by atoms with Crippen LogP contribution in [-0.2, 0) is 0 Å². The minimum atomic E-state index is -2.29. The van der Waals surface area contributed by atoms with Crippen molar-refractivity contribution in [2.75, 3.05) is 0 Å². The number of nitrogens with zero attached hydrogens (tertiary/aromatic N) is 1. The number of benzene rings is 1. The summed E-state index contributed by atoms with van der Waals surface area (Å²) in [6, 6.07) is 0. The molecular formula is C10H9F5N2O2. The standard InChI is InChI=1S/C10H9F5N2O2/c1-2-3(10(16)17-18)19-9-7(14)5(12)4(11)6(13)8(9)15/h3,18H,2H2,1H3,(H2,16,17). The molecule has 0 fully saturated rings. The maximum Gasteiger partial charge on any atom is 0.207 e. The van der Waals surface area contributed by atoms with Crippen LogP contribution in [0, 0.1) is 29.1 Å². The lowest BCUT2D eigenvalue weighted by molar-refractivity contribution is 0.215. The van der Waals surface area contributed by atoms with E-state index < -0.39 is 46.8 Å². The van der Waals surface area contributed by atoms with Crippen molar-refractivity contribution in [3.8, 4) is 5.75 Å². The molecule has 0 aliphatic heterocycles. The molecule has 1 atom stereocenters. The predicted octanol–water partition coefficient (Wildman–Crippen LogP) is 2.29. The van der Waals surface area contributed by atoms with Crippen LogP contribution >= 0.6 is 0 Å². The molecule has 19 heavy (non-hydrogen) atoms. The molecule has 106 valence electrons. The number of ether oxygens (including phenoxy) is 1. The molecule has 0 bridgehead atoms. The van der Waals surface area contributed by atoms with E-state index in [2.05, 4.69) is 9.89 Å². The van der Waals surface area contributed by atoms with Gasteiger partial charge in [-0.15, -0.1) is 0 Å². The van der Waals surface area contributed by atoms with E-state index in [1.807, 2.05) is 0 Å². The Bertz CT molecular complexity index is 492. The van der Waals surface area contributed by atoms with E-state index in [1.54, 1.807) is 0 Å². The Balaban J connectivity index is 3.29. The molecule has 3 N–H and O–H groups in total. The molecule has 4 nitrogen and oxygen atoms in total. The van der Waals surface area contributed by atoms with E-state index in [-0.39, 0.29) is 6.42 Å². The molecule has 0 aromatic heterocycles. The summed E-state index contributed by atoms with van der Waals surface area (Å²) >= 11 is 0. The molecule has 0 saturated carbocycles. The monoisotopic (exact) mass is 284 g/mol. The minimum absolute atomic E-state index is 0.0185. The zero-order valence-corrected chi connectivity index (χ0v) is 9.55. The van der Waals surface area contributed by atoms with E-state index in [9.17, 15) is 22.0 Å². The summed E-state index contributed by atoms with van der Waals surface area (Å²) in [7, 11) is 0. The highest BCUT2D eigenvalue weighted by atomic mass is 19.2. The van der Waals surface area contributed by atoms with Crippen molar-refractivity contribution in [2.45, 2.75) is 19.4 Å². The second-order valence-electron chi connectivity index (χ2n) is 3.44. The first-order chi connectivity index (χ1) is 8.84. The molecule has 0 aliphatic rings. The average Bonchev–Trinajstić information content (AvgIpc) is 2.42. The van der Waals surface area contributed by atoms with Crippen molar-refractivity contribution >= 4 is 5.84 Å². The molecule has 0 radical (unpaired) electrons. The van der Waals surface area contributed by atoms with Crippen molar-refractivity contribution in [3.63, 3.8) is 0 Å². The third-order valence-electron chi connectivity index (χ3n) is 2.25. The number of hydrogen-bond donors (Lipinski definition) is 2. The van der Waals surface area contributed by atoms with E-state index in [4.69, 9.17) is 10.9 Å². The van der Waals surface area contributed by atoms with Crippen LogP contribution in [0.25, 0.3) is 0 Å². The van der Waals surface area contributed by atoms with Gasteiger partial charge in [-0.25, -0.2) is 13.2 Å². The molecule has 0 amide bonds. The smallest absolute Gasteiger partial charge is 0.207 e. The molecule has 0 spiro atoms. The fraction of sp³-hybridized carbons (Fsp3) is 0.300. The number of rotatable bonds is 4. The quantitative estimate of drug-likeness (QED) is 0.169. The zero-order chi connectivity index (χ0) is 14.7. The normalized spacial score (nSPS) is 13.5. The largest absolute Gasteiger partial charge is 0.476 e. The maximum atomic E-state index is 13.3. The first-order valence-electron chi connectivity index (χ1n) is 5.00. The molecular weight excluding hydrogens is 275 g/mol. The maximum absolute atomic E-state index is 13.3. The first-order valence-corrected chi connectivity index (χ1v) is 5.00. The fourth-order valence-electron chi connectivity index (χ4n) is 1.25. The van der Waals surface area contributed by atoms with E-state index in [0.717, 1.165) is 0 Å². The molecule has 0 aliphatic carbocycles. The van der Waals surface area contributed by atoms with Crippen LogP contribution in [-0.4, -0.2) is 17.1 Å². The van der Waals surface area contributed by atoms with E-state index in [1.165, 1.54) is 6.92 Å². The topological polar surface area (TPSA) is 67.8 Å². The summed E-state index contributed by atoms with van der Waals surface area (Å²) < 4.78 is 69.7. The van der Waals surface area contributed by atoms with Crippen LogP contribution in [0.2, 0.25) is 0 Å². The van der Waals surface area contributed by atoms with Gasteiger partial charge >= 0.3 is 0 Å². The highest BCUT2D eigenvalue weighted by Crippen LogP contribution is 2.30. The van der Waals surface area contributed by atoms with Gasteiger partial charge < -0.3 is 15.7 Å². The number of halogens is 5. The summed E-state index contributed by atoms with van der Waals surface area (Å²) in [5.41, 5.74) is 5.15. The Morgan fingerprint density at radius 3 is 1.89 bits per heavy atom. The number of amidine groups is 1. The molecule has 0 heterocycles. The third-order valence-corrected chi connectivity index (χ3v) is 2.25. The molecule has 9 heteroatoms. The molecule has 1 rings (SSSR count). The first kappa shape index (κ1) is 15.0. The van der Waals surface area contributed by atoms with Gasteiger partial charge in [0.25, 0.3) is 0 Å². The molecule has 1 aromatic carbocycles. The van der Waals surface area contributed by atoms with Gasteiger partial charge in [0.05, 0.1) is 0 Å². The lowest BCUT2D eigenvalue weighted by atomic mass is 10.2. The Hall–Kier alpha value is -2.06. The van der Waals surface area contributed by atoms with Crippen LogP contribution < -0.4 is 10.5 Å². The Morgan fingerprint density at radius 2 is 1.53 bits per heavy atom. The van der Waals surface area contributed by atoms with E-state index in [0.29, 0.717) is 0 Å². The Kier molecular flexibility index (Phi) is 4.52. The minimum Gasteiger partial charge on any atom is -0.476 e. The third kappa shape index (κ3) is 2.69. The number of oxime groups is 1. The number of hydrogen-bond acceptors (Lipinski definition) is 3. The van der Waals surface area contributed by atoms with Gasteiger partial charge in [-0.3, -0.25) is 0 Å². The van der Waals surface area contributed by atoms with Crippen molar-refractivity contribution in [2.24, 2.45) is 10.9 Å². The summed E-state index contributed by atoms with van der Waals surface area (Å²) in [6.45, 7) is 1.44. The highest BCUT2D eigenvalue weighted by Gasteiger charge is 2.29. The fourth-order valence-corrected chi connectivity index (χ4v) is 1.25. The Morgan fingerprint density at radius 1 is 1.11 bits per heavy atom. The summed E-state index contributed by atoms with van der Waals surface area (Å²) in [4.78, 5) is 0. The van der Waals surface area contributed by atoms with Gasteiger partial charge in [-0.2, -0.15) is 8.78 Å². The second-order valence-corrected chi connectivity index (χ2v) is 3.44. The van der Waals surface area contributed by atoms with Gasteiger partial charge in [-0.1, -0.05) is 12.1 Å².